The lowest BCUT2D eigenvalue weighted by atomic mass is 9.87. The average Bonchev–Trinajstić information content (AvgIpc) is 2.93. The van der Waals surface area contributed by atoms with Gasteiger partial charge in [0.25, 0.3) is 0 Å². The van der Waals surface area contributed by atoms with E-state index in [0.29, 0.717) is 44.8 Å². The van der Waals surface area contributed by atoms with Crippen LogP contribution in [0.25, 0.3) is 0 Å². The third-order valence-corrected chi connectivity index (χ3v) is 4.50. The van der Waals surface area contributed by atoms with Crippen LogP contribution in [0.3, 0.4) is 0 Å². The Labute approximate surface area is 134 Å². The van der Waals surface area contributed by atoms with E-state index in [2.05, 4.69) is 4.98 Å². The molecule has 0 unspecified atom stereocenters. The van der Waals surface area contributed by atoms with Gasteiger partial charge >= 0.3 is 6.09 Å². The number of hydrogen-bond donors (Lipinski definition) is 1. The summed E-state index contributed by atoms with van der Waals surface area (Å²) >= 11 is 0. The minimum Gasteiger partial charge on any atom is -0.448 e. The largest absolute Gasteiger partial charge is 0.448 e. The molecule has 2 amide bonds. The number of ether oxygens (including phenoxy) is 1. The Kier molecular flexibility index (Phi) is 4.21. The minimum absolute atomic E-state index is 0.0417. The fourth-order valence-corrected chi connectivity index (χ4v) is 2.96. The summed E-state index contributed by atoms with van der Waals surface area (Å²) in [5.41, 5.74) is 0.706. The number of nitrogens with zero attached hydrogens (tertiary/aromatic N) is 3. The van der Waals surface area contributed by atoms with Gasteiger partial charge in [0.05, 0.1) is 12.2 Å². The van der Waals surface area contributed by atoms with Crippen LogP contribution in [0.1, 0.15) is 24.1 Å². The summed E-state index contributed by atoms with van der Waals surface area (Å²) < 4.78 is 4.82. The van der Waals surface area contributed by atoms with Gasteiger partial charge in [0.2, 0.25) is 5.91 Å². The number of amides is 2. The van der Waals surface area contributed by atoms with Gasteiger partial charge in [0.15, 0.2) is 0 Å². The molecular formula is C16H21N3O4. The van der Waals surface area contributed by atoms with Gasteiger partial charge in [-0.2, -0.15) is 0 Å². The number of carbonyl (C=O) groups excluding carboxylic acids is 2. The smallest absolute Gasteiger partial charge is 0.410 e. The van der Waals surface area contributed by atoms with Gasteiger partial charge < -0.3 is 14.7 Å². The highest BCUT2D eigenvalue weighted by Gasteiger charge is 2.37. The van der Waals surface area contributed by atoms with Crippen molar-refractivity contribution in [3.05, 3.63) is 29.6 Å². The molecule has 3 heterocycles. The zero-order chi connectivity index (χ0) is 16.4. The Morgan fingerprint density at radius 3 is 2.65 bits per heavy atom. The van der Waals surface area contributed by atoms with Crippen molar-refractivity contribution in [1.82, 2.24) is 14.8 Å². The predicted molar refractivity (Wildman–Crippen MR) is 81.6 cm³/mol. The first-order chi connectivity index (χ1) is 11.0. The molecule has 0 spiro atoms. The van der Waals surface area contributed by atoms with Crippen molar-refractivity contribution in [2.45, 2.75) is 25.4 Å². The van der Waals surface area contributed by atoms with Crippen LogP contribution in [0.15, 0.2) is 18.3 Å². The quantitative estimate of drug-likeness (QED) is 0.884. The van der Waals surface area contributed by atoms with Crippen molar-refractivity contribution < 1.29 is 19.4 Å². The highest BCUT2D eigenvalue weighted by atomic mass is 16.6. The van der Waals surface area contributed by atoms with E-state index in [1.54, 1.807) is 11.1 Å². The first-order valence-electron chi connectivity index (χ1n) is 7.83. The summed E-state index contributed by atoms with van der Waals surface area (Å²) in [6.45, 7) is 3.69. The third-order valence-electron chi connectivity index (χ3n) is 4.50. The van der Waals surface area contributed by atoms with E-state index in [0.717, 1.165) is 5.56 Å². The maximum absolute atomic E-state index is 12.3. The minimum atomic E-state index is -0.989. The summed E-state index contributed by atoms with van der Waals surface area (Å²) in [5.74, 6) is -0.109. The van der Waals surface area contributed by atoms with Crippen molar-refractivity contribution in [3.8, 4) is 0 Å². The molecule has 124 valence electrons. The Morgan fingerprint density at radius 2 is 2.09 bits per heavy atom. The summed E-state index contributed by atoms with van der Waals surface area (Å²) in [5, 5.41) is 10.8. The van der Waals surface area contributed by atoms with Crippen LogP contribution in [0.4, 0.5) is 4.79 Å². The molecule has 2 fully saturated rings. The molecule has 2 saturated heterocycles. The van der Waals surface area contributed by atoms with Gasteiger partial charge in [-0.3, -0.25) is 14.7 Å². The van der Waals surface area contributed by atoms with Gasteiger partial charge in [0.1, 0.15) is 18.8 Å². The summed E-state index contributed by atoms with van der Waals surface area (Å²) in [6.07, 6.45) is 2.19. The van der Waals surface area contributed by atoms with Crippen molar-refractivity contribution in [1.29, 1.82) is 0 Å². The SMILES string of the molecule is Cc1ccc(C2(O)CCN(C(=O)CN3CCOC3=O)CC2)nc1. The number of carbonyl (C=O) groups is 2. The van der Waals surface area contributed by atoms with Crippen molar-refractivity contribution >= 4 is 12.0 Å². The topological polar surface area (TPSA) is 83.0 Å². The Hall–Kier alpha value is -2.15. The number of aromatic nitrogens is 1. The molecular weight excluding hydrogens is 298 g/mol. The fourth-order valence-electron chi connectivity index (χ4n) is 2.96. The predicted octanol–water partition coefficient (Wildman–Crippen LogP) is 0.652. The first kappa shape index (κ1) is 15.7. The van der Waals surface area contributed by atoms with E-state index in [-0.39, 0.29) is 12.5 Å². The number of likely N-dealkylation sites (tertiary alicyclic amines) is 1. The van der Waals surface area contributed by atoms with Gasteiger partial charge in [-0.05, 0) is 31.4 Å². The number of aryl methyl sites for hydroxylation is 1. The number of hydrogen-bond acceptors (Lipinski definition) is 5. The van der Waals surface area contributed by atoms with Crippen LogP contribution in [0.2, 0.25) is 0 Å². The van der Waals surface area contributed by atoms with Crippen LogP contribution in [-0.4, -0.2) is 64.7 Å². The van der Waals surface area contributed by atoms with Crippen LogP contribution in [0.5, 0.6) is 0 Å². The lowest BCUT2D eigenvalue weighted by Gasteiger charge is -2.38. The molecule has 2 aliphatic heterocycles. The number of rotatable bonds is 3. The number of pyridine rings is 1. The molecule has 1 aromatic rings. The van der Waals surface area contributed by atoms with E-state index >= 15 is 0 Å². The molecule has 1 aromatic heterocycles. The van der Waals surface area contributed by atoms with Crippen LogP contribution in [-0.2, 0) is 15.1 Å². The molecule has 1 N–H and O–H groups in total. The van der Waals surface area contributed by atoms with Gasteiger partial charge in [-0.25, -0.2) is 4.79 Å². The standard InChI is InChI=1S/C16H21N3O4/c1-12-2-3-13(17-10-12)16(22)4-6-18(7-5-16)14(20)11-19-8-9-23-15(19)21/h2-3,10,22H,4-9,11H2,1H3. The number of aliphatic hydroxyl groups is 1. The lowest BCUT2D eigenvalue weighted by molar-refractivity contribution is -0.136. The van der Waals surface area contributed by atoms with Crippen molar-refractivity contribution in [2.75, 3.05) is 32.8 Å². The van der Waals surface area contributed by atoms with E-state index in [9.17, 15) is 14.7 Å². The van der Waals surface area contributed by atoms with Gasteiger partial charge in [-0.15, -0.1) is 0 Å². The maximum atomic E-state index is 12.3. The second kappa shape index (κ2) is 6.16. The Morgan fingerprint density at radius 1 is 1.35 bits per heavy atom. The summed E-state index contributed by atoms with van der Waals surface area (Å²) in [4.78, 5) is 31.1. The van der Waals surface area contributed by atoms with E-state index in [4.69, 9.17) is 4.74 Å². The maximum Gasteiger partial charge on any atom is 0.410 e. The average molecular weight is 319 g/mol. The second-order valence-electron chi connectivity index (χ2n) is 6.17. The molecule has 23 heavy (non-hydrogen) atoms. The Balaban J connectivity index is 1.58. The highest BCUT2D eigenvalue weighted by Crippen LogP contribution is 2.31. The molecule has 0 aromatic carbocycles. The van der Waals surface area contributed by atoms with E-state index in [1.165, 1.54) is 4.90 Å². The third kappa shape index (κ3) is 3.29. The first-order valence-corrected chi connectivity index (χ1v) is 7.83. The lowest BCUT2D eigenvalue weighted by Crippen LogP contribution is -2.48. The molecule has 0 bridgehead atoms. The summed E-state index contributed by atoms with van der Waals surface area (Å²) in [7, 11) is 0. The fraction of sp³-hybridized carbons (Fsp3) is 0.562. The normalized spacial score (nSPS) is 20.5. The molecule has 0 atom stereocenters. The van der Waals surface area contributed by atoms with E-state index in [1.807, 2.05) is 19.1 Å². The van der Waals surface area contributed by atoms with Gasteiger partial charge in [0, 0.05) is 19.3 Å². The number of piperidine rings is 1. The molecule has 3 rings (SSSR count). The van der Waals surface area contributed by atoms with Crippen molar-refractivity contribution in [3.63, 3.8) is 0 Å². The second-order valence-corrected chi connectivity index (χ2v) is 6.17. The van der Waals surface area contributed by atoms with E-state index < -0.39 is 11.7 Å². The molecule has 7 nitrogen and oxygen atoms in total. The molecule has 0 saturated carbocycles. The zero-order valence-electron chi connectivity index (χ0n) is 13.2. The molecule has 2 aliphatic rings. The van der Waals surface area contributed by atoms with Crippen LogP contribution >= 0.6 is 0 Å². The highest BCUT2D eigenvalue weighted by molar-refractivity contribution is 5.83. The number of cyclic esters (lactones) is 1. The van der Waals surface area contributed by atoms with Crippen LogP contribution in [0, 0.1) is 6.92 Å². The zero-order valence-corrected chi connectivity index (χ0v) is 13.2. The van der Waals surface area contributed by atoms with Crippen molar-refractivity contribution in [2.24, 2.45) is 0 Å². The monoisotopic (exact) mass is 319 g/mol. The molecule has 0 radical (unpaired) electrons. The summed E-state index contributed by atoms with van der Waals surface area (Å²) in [6, 6.07) is 3.77. The Bertz CT molecular complexity index is 594. The van der Waals surface area contributed by atoms with Gasteiger partial charge in [-0.1, -0.05) is 6.07 Å². The molecule has 7 heteroatoms. The van der Waals surface area contributed by atoms with Crippen LogP contribution < -0.4 is 0 Å². The molecule has 0 aliphatic carbocycles.